The van der Waals surface area contributed by atoms with Crippen LogP contribution in [0.5, 0.6) is 0 Å². The van der Waals surface area contributed by atoms with E-state index in [0.29, 0.717) is 18.2 Å². The molecule has 1 aromatic rings. The van der Waals surface area contributed by atoms with Crippen LogP contribution in [-0.2, 0) is 11.3 Å². The summed E-state index contributed by atoms with van der Waals surface area (Å²) in [6.07, 6.45) is 1.88. The zero-order valence-electron chi connectivity index (χ0n) is 10.3. The summed E-state index contributed by atoms with van der Waals surface area (Å²) in [6, 6.07) is 10.3. The van der Waals surface area contributed by atoms with Crippen LogP contribution >= 0.6 is 24.0 Å². The van der Waals surface area contributed by atoms with E-state index < -0.39 is 0 Å². The molecular weight excluding hydrogens is 269 g/mol. The highest BCUT2D eigenvalue weighted by molar-refractivity contribution is 6.17. The topological polar surface area (TPSA) is 20.3 Å². The van der Waals surface area contributed by atoms with Crippen molar-refractivity contribution in [2.75, 3.05) is 19.0 Å². The van der Waals surface area contributed by atoms with Gasteiger partial charge in [-0.25, -0.2) is 0 Å². The van der Waals surface area contributed by atoms with Gasteiger partial charge in [0.15, 0.2) is 5.78 Å². The lowest BCUT2D eigenvalue weighted by atomic mass is 10.0. The maximum absolute atomic E-state index is 11.8. The predicted molar refractivity (Wildman–Crippen MR) is 77.4 cm³/mol. The molecular formula is C14H19Cl2NO. The van der Waals surface area contributed by atoms with Crippen molar-refractivity contribution in [1.82, 2.24) is 4.90 Å². The minimum absolute atomic E-state index is 0. The van der Waals surface area contributed by atoms with Crippen LogP contribution in [0.4, 0.5) is 0 Å². The normalized spacial score (nSPS) is 19.8. The van der Waals surface area contributed by atoms with Gasteiger partial charge in [-0.05, 0) is 18.4 Å². The SMILES string of the molecule is Cl.O=C1CN(Cc2ccccc2)CC1CCCCl. The van der Waals surface area contributed by atoms with Crippen molar-refractivity contribution in [3.8, 4) is 0 Å². The molecule has 2 nitrogen and oxygen atoms in total. The van der Waals surface area contributed by atoms with Gasteiger partial charge in [0.25, 0.3) is 0 Å². The monoisotopic (exact) mass is 287 g/mol. The number of likely N-dealkylation sites (tertiary alicyclic amines) is 1. The number of ketones is 1. The number of hydrogen-bond donors (Lipinski definition) is 0. The first-order valence-electron chi connectivity index (χ1n) is 6.14. The van der Waals surface area contributed by atoms with Gasteiger partial charge in [-0.15, -0.1) is 24.0 Å². The van der Waals surface area contributed by atoms with E-state index in [-0.39, 0.29) is 18.3 Å². The van der Waals surface area contributed by atoms with Crippen molar-refractivity contribution >= 4 is 29.8 Å². The van der Waals surface area contributed by atoms with E-state index in [1.165, 1.54) is 5.56 Å². The van der Waals surface area contributed by atoms with Gasteiger partial charge in [0.2, 0.25) is 0 Å². The molecule has 0 radical (unpaired) electrons. The molecule has 100 valence electrons. The third kappa shape index (κ3) is 4.27. The quantitative estimate of drug-likeness (QED) is 0.776. The van der Waals surface area contributed by atoms with E-state index >= 15 is 0 Å². The highest BCUT2D eigenvalue weighted by atomic mass is 35.5. The van der Waals surface area contributed by atoms with E-state index in [4.69, 9.17) is 11.6 Å². The molecule has 1 saturated heterocycles. The summed E-state index contributed by atoms with van der Waals surface area (Å²) >= 11 is 5.67. The average molecular weight is 288 g/mol. The molecule has 1 heterocycles. The Balaban J connectivity index is 0.00000162. The van der Waals surface area contributed by atoms with E-state index in [1.807, 2.05) is 18.2 Å². The van der Waals surface area contributed by atoms with Crippen LogP contribution in [0, 0.1) is 5.92 Å². The standard InChI is InChI=1S/C14H18ClNO.ClH/c15-8-4-7-13-10-16(11-14(13)17)9-12-5-2-1-3-6-12;/h1-3,5-6,13H,4,7-11H2;1H. The lowest BCUT2D eigenvalue weighted by molar-refractivity contribution is -0.120. The van der Waals surface area contributed by atoms with E-state index in [2.05, 4.69) is 17.0 Å². The minimum Gasteiger partial charge on any atom is -0.298 e. The third-order valence-corrected chi connectivity index (χ3v) is 3.52. The van der Waals surface area contributed by atoms with E-state index in [1.54, 1.807) is 0 Å². The van der Waals surface area contributed by atoms with Gasteiger partial charge in [0.05, 0.1) is 6.54 Å². The van der Waals surface area contributed by atoms with Gasteiger partial charge in [0, 0.05) is 24.9 Å². The van der Waals surface area contributed by atoms with Gasteiger partial charge in [-0.3, -0.25) is 9.69 Å². The molecule has 1 atom stereocenters. The maximum Gasteiger partial charge on any atom is 0.151 e. The molecule has 4 heteroatoms. The van der Waals surface area contributed by atoms with Gasteiger partial charge in [0.1, 0.15) is 0 Å². The summed E-state index contributed by atoms with van der Waals surface area (Å²) in [5, 5.41) is 0. The van der Waals surface area contributed by atoms with Gasteiger partial charge in [-0.1, -0.05) is 30.3 Å². The number of carbonyl (C=O) groups is 1. The van der Waals surface area contributed by atoms with Crippen LogP contribution in [0.25, 0.3) is 0 Å². The summed E-state index contributed by atoms with van der Waals surface area (Å²) in [5.41, 5.74) is 1.28. The molecule has 1 aliphatic heterocycles. The second kappa shape index (κ2) is 7.78. The Morgan fingerprint density at radius 3 is 2.67 bits per heavy atom. The van der Waals surface area contributed by atoms with E-state index in [9.17, 15) is 4.79 Å². The van der Waals surface area contributed by atoms with Crippen molar-refractivity contribution in [2.45, 2.75) is 19.4 Å². The van der Waals surface area contributed by atoms with Crippen LogP contribution in [0.1, 0.15) is 18.4 Å². The van der Waals surface area contributed by atoms with Crippen LogP contribution in [0.15, 0.2) is 30.3 Å². The minimum atomic E-state index is 0. The largest absolute Gasteiger partial charge is 0.298 e. The van der Waals surface area contributed by atoms with Gasteiger partial charge in [-0.2, -0.15) is 0 Å². The molecule has 18 heavy (non-hydrogen) atoms. The van der Waals surface area contributed by atoms with Crippen molar-refractivity contribution in [3.63, 3.8) is 0 Å². The number of halogens is 2. The number of benzene rings is 1. The maximum atomic E-state index is 11.8. The molecule has 1 aromatic carbocycles. The first kappa shape index (κ1) is 15.5. The number of alkyl halides is 1. The zero-order chi connectivity index (χ0) is 12.1. The highest BCUT2D eigenvalue weighted by Crippen LogP contribution is 2.20. The molecule has 0 spiro atoms. The van der Waals surface area contributed by atoms with Crippen LogP contribution in [0.2, 0.25) is 0 Å². The number of Topliss-reactive ketones (excluding diaryl/α,β-unsaturated/α-hetero) is 1. The summed E-state index contributed by atoms with van der Waals surface area (Å²) in [4.78, 5) is 14.0. The Morgan fingerprint density at radius 2 is 2.00 bits per heavy atom. The van der Waals surface area contributed by atoms with Gasteiger partial charge >= 0.3 is 0 Å². The Kier molecular flexibility index (Phi) is 6.69. The number of rotatable bonds is 5. The lowest BCUT2D eigenvalue weighted by Crippen LogP contribution is -2.20. The molecule has 0 aliphatic carbocycles. The molecule has 0 N–H and O–H groups in total. The Labute approximate surface area is 120 Å². The molecule has 0 amide bonds. The third-order valence-electron chi connectivity index (χ3n) is 3.25. The van der Waals surface area contributed by atoms with Crippen molar-refractivity contribution < 1.29 is 4.79 Å². The van der Waals surface area contributed by atoms with Crippen molar-refractivity contribution in [3.05, 3.63) is 35.9 Å². The Hall–Kier alpha value is -0.570. The summed E-state index contributed by atoms with van der Waals surface area (Å²) in [6.45, 7) is 2.37. The smallest absolute Gasteiger partial charge is 0.151 e. The first-order chi connectivity index (χ1) is 8.29. The molecule has 0 bridgehead atoms. The number of nitrogens with zero attached hydrogens (tertiary/aromatic N) is 1. The van der Waals surface area contributed by atoms with Crippen molar-refractivity contribution in [1.29, 1.82) is 0 Å². The molecule has 1 fully saturated rings. The van der Waals surface area contributed by atoms with Crippen LogP contribution in [0.3, 0.4) is 0 Å². The zero-order valence-corrected chi connectivity index (χ0v) is 11.9. The lowest BCUT2D eigenvalue weighted by Gasteiger charge is -2.14. The fourth-order valence-electron chi connectivity index (χ4n) is 2.37. The molecule has 1 unspecified atom stereocenters. The first-order valence-corrected chi connectivity index (χ1v) is 6.68. The fourth-order valence-corrected chi connectivity index (χ4v) is 2.52. The molecule has 0 saturated carbocycles. The fraction of sp³-hybridized carbons (Fsp3) is 0.500. The Bertz CT molecular complexity index is 369. The second-order valence-electron chi connectivity index (χ2n) is 4.65. The second-order valence-corrected chi connectivity index (χ2v) is 5.03. The van der Waals surface area contributed by atoms with Crippen LogP contribution < -0.4 is 0 Å². The predicted octanol–water partition coefficient (Wildman–Crippen LogP) is 3.13. The van der Waals surface area contributed by atoms with Gasteiger partial charge < -0.3 is 0 Å². The summed E-state index contributed by atoms with van der Waals surface area (Å²) in [5.74, 6) is 1.24. The summed E-state index contributed by atoms with van der Waals surface area (Å²) in [7, 11) is 0. The van der Waals surface area contributed by atoms with Crippen molar-refractivity contribution in [2.24, 2.45) is 5.92 Å². The average Bonchev–Trinajstić information content (AvgIpc) is 2.68. The number of hydrogen-bond acceptors (Lipinski definition) is 2. The molecule has 2 rings (SSSR count). The highest BCUT2D eigenvalue weighted by Gasteiger charge is 2.29. The number of carbonyl (C=O) groups excluding carboxylic acids is 1. The summed E-state index contributed by atoms with van der Waals surface area (Å²) < 4.78 is 0. The molecule has 1 aliphatic rings. The van der Waals surface area contributed by atoms with Crippen LogP contribution in [-0.4, -0.2) is 29.7 Å². The Morgan fingerprint density at radius 1 is 1.28 bits per heavy atom. The van der Waals surface area contributed by atoms with E-state index in [0.717, 1.165) is 25.9 Å². The molecule has 0 aromatic heterocycles.